The molecule has 0 bridgehead atoms. The van der Waals surface area contributed by atoms with Gasteiger partial charge >= 0.3 is 0 Å². The monoisotopic (exact) mass is 480 g/mol. The number of ether oxygens (including phenoxy) is 2. The van der Waals surface area contributed by atoms with Crippen LogP contribution in [0.2, 0.25) is 0 Å². The van der Waals surface area contributed by atoms with Crippen molar-refractivity contribution in [1.82, 2.24) is 9.21 Å². The van der Waals surface area contributed by atoms with Gasteiger partial charge in [0.25, 0.3) is 5.91 Å². The molecule has 34 heavy (non-hydrogen) atoms. The molecule has 0 spiro atoms. The second-order valence-electron chi connectivity index (χ2n) is 8.00. The maximum Gasteiger partial charge on any atom is 0.261 e. The van der Waals surface area contributed by atoms with Gasteiger partial charge in [-0.05, 0) is 35.4 Å². The lowest BCUT2D eigenvalue weighted by molar-refractivity contribution is -0.134. The van der Waals surface area contributed by atoms with E-state index in [0.717, 1.165) is 11.1 Å². The first-order valence-corrected chi connectivity index (χ1v) is 12.6. The minimum atomic E-state index is -3.57. The SMILES string of the molecule is O=C(COc1ccc(S(=O)(=O)N2CCOCC2)cc1)N(Cc1ccccc1)Cc1ccccc1. The second kappa shape index (κ2) is 11.3. The Morgan fingerprint density at radius 2 is 1.35 bits per heavy atom. The molecule has 0 aliphatic carbocycles. The predicted octanol–water partition coefficient (Wildman–Crippen LogP) is 3.32. The number of amides is 1. The number of hydrogen-bond acceptors (Lipinski definition) is 5. The fraction of sp³-hybridized carbons (Fsp3) is 0.269. The van der Waals surface area contributed by atoms with Gasteiger partial charge in [0.2, 0.25) is 10.0 Å². The summed E-state index contributed by atoms with van der Waals surface area (Å²) >= 11 is 0. The average molecular weight is 481 g/mol. The molecule has 3 aromatic rings. The van der Waals surface area contributed by atoms with Crippen LogP contribution in [0, 0.1) is 0 Å². The van der Waals surface area contributed by atoms with Gasteiger partial charge in [-0.15, -0.1) is 0 Å². The van der Waals surface area contributed by atoms with Crippen LogP contribution in [-0.4, -0.2) is 56.4 Å². The molecule has 0 aromatic heterocycles. The molecule has 3 aromatic carbocycles. The summed E-state index contributed by atoms with van der Waals surface area (Å²) in [6, 6.07) is 25.8. The van der Waals surface area contributed by atoms with Crippen molar-refractivity contribution in [3.8, 4) is 5.75 Å². The molecule has 0 atom stereocenters. The minimum absolute atomic E-state index is 0.144. The molecule has 0 saturated carbocycles. The van der Waals surface area contributed by atoms with Gasteiger partial charge < -0.3 is 14.4 Å². The molecule has 7 nitrogen and oxygen atoms in total. The number of sulfonamides is 1. The highest BCUT2D eigenvalue weighted by atomic mass is 32.2. The molecule has 4 rings (SSSR count). The van der Waals surface area contributed by atoms with E-state index in [0.29, 0.717) is 45.1 Å². The molecule has 1 fully saturated rings. The highest BCUT2D eigenvalue weighted by Gasteiger charge is 2.26. The van der Waals surface area contributed by atoms with E-state index in [9.17, 15) is 13.2 Å². The maximum atomic E-state index is 13.0. The van der Waals surface area contributed by atoms with E-state index in [4.69, 9.17) is 9.47 Å². The fourth-order valence-corrected chi connectivity index (χ4v) is 5.13. The van der Waals surface area contributed by atoms with E-state index in [2.05, 4.69) is 0 Å². The molecule has 178 valence electrons. The van der Waals surface area contributed by atoms with Crippen LogP contribution in [0.25, 0.3) is 0 Å². The van der Waals surface area contributed by atoms with Crippen molar-refractivity contribution in [2.45, 2.75) is 18.0 Å². The number of carbonyl (C=O) groups excluding carboxylic acids is 1. The highest BCUT2D eigenvalue weighted by Crippen LogP contribution is 2.21. The smallest absolute Gasteiger partial charge is 0.261 e. The maximum absolute atomic E-state index is 13.0. The molecular formula is C26H28N2O5S. The number of morpholine rings is 1. The predicted molar refractivity (Wildman–Crippen MR) is 129 cm³/mol. The summed E-state index contributed by atoms with van der Waals surface area (Å²) in [6.07, 6.45) is 0. The number of nitrogens with zero attached hydrogens (tertiary/aromatic N) is 2. The van der Waals surface area contributed by atoms with Crippen molar-refractivity contribution in [3.63, 3.8) is 0 Å². The van der Waals surface area contributed by atoms with Gasteiger partial charge in [0.05, 0.1) is 18.1 Å². The Morgan fingerprint density at radius 3 is 1.88 bits per heavy atom. The van der Waals surface area contributed by atoms with Crippen LogP contribution in [-0.2, 0) is 32.6 Å². The number of rotatable bonds is 9. The lowest BCUT2D eigenvalue weighted by Crippen LogP contribution is -2.40. The van der Waals surface area contributed by atoms with E-state index in [1.54, 1.807) is 17.0 Å². The Labute approximate surface area is 200 Å². The lowest BCUT2D eigenvalue weighted by atomic mass is 10.1. The van der Waals surface area contributed by atoms with Crippen molar-refractivity contribution in [2.75, 3.05) is 32.9 Å². The van der Waals surface area contributed by atoms with Gasteiger partial charge in [0.1, 0.15) is 5.75 Å². The van der Waals surface area contributed by atoms with E-state index in [1.807, 2.05) is 60.7 Å². The van der Waals surface area contributed by atoms with Crippen LogP contribution < -0.4 is 4.74 Å². The first-order valence-electron chi connectivity index (χ1n) is 11.2. The van der Waals surface area contributed by atoms with Crippen LogP contribution >= 0.6 is 0 Å². The first-order chi connectivity index (χ1) is 16.5. The van der Waals surface area contributed by atoms with Gasteiger partial charge in [-0.1, -0.05) is 60.7 Å². The number of carbonyl (C=O) groups is 1. The zero-order valence-electron chi connectivity index (χ0n) is 18.9. The van der Waals surface area contributed by atoms with E-state index >= 15 is 0 Å². The van der Waals surface area contributed by atoms with E-state index in [1.165, 1.54) is 16.4 Å². The molecule has 1 amide bonds. The van der Waals surface area contributed by atoms with Crippen LogP contribution in [0.4, 0.5) is 0 Å². The van der Waals surface area contributed by atoms with Crippen molar-refractivity contribution in [3.05, 3.63) is 96.1 Å². The molecule has 0 radical (unpaired) electrons. The largest absolute Gasteiger partial charge is 0.484 e. The zero-order chi connectivity index (χ0) is 23.8. The van der Waals surface area contributed by atoms with Crippen molar-refractivity contribution >= 4 is 15.9 Å². The van der Waals surface area contributed by atoms with E-state index < -0.39 is 10.0 Å². The number of benzene rings is 3. The fourth-order valence-electron chi connectivity index (χ4n) is 3.72. The zero-order valence-corrected chi connectivity index (χ0v) is 19.7. The summed E-state index contributed by atoms with van der Waals surface area (Å²) in [4.78, 5) is 15.0. The average Bonchev–Trinajstić information content (AvgIpc) is 2.89. The summed E-state index contributed by atoms with van der Waals surface area (Å²) < 4.78 is 37.9. The Bertz CT molecular complexity index is 1120. The molecule has 1 aliphatic heterocycles. The topological polar surface area (TPSA) is 76.2 Å². The summed E-state index contributed by atoms with van der Waals surface area (Å²) in [5.41, 5.74) is 2.06. The Morgan fingerprint density at radius 1 is 0.824 bits per heavy atom. The quantitative estimate of drug-likeness (QED) is 0.470. The van der Waals surface area contributed by atoms with E-state index in [-0.39, 0.29) is 17.4 Å². The second-order valence-corrected chi connectivity index (χ2v) is 9.94. The summed E-state index contributed by atoms with van der Waals surface area (Å²) in [5.74, 6) is 0.284. The van der Waals surface area contributed by atoms with Gasteiger partial charge in [-0.25, -0.2) is 8.42 Å². The molecule has 1 aliphatic rings. The Balaban J connectivity index is 1.40. The molecular weight excluding hydrogens is 452 g/mol. The van der Waals surface area contributed by atoms with Gasteiger partial charge in [0, 0.05) is 26.2 Å². The lowest BCUT2D eigenvalue weighted by Gasteiger charge is -2.26. The van der Waals surface area contributed by atoms with Crippen LogP contribution in [0.3, 0.4) is 0 Å². The summed E-state index contributed by atoms with van der Waals surface area (Å²) in [7, 11) is -3.57. The van der Waals surface area contributed by atoms with Crippen LogP contribution in [0.15, 0.2) is 89.8 Å². The highest BCUT2D eigenvalue weighted by molar-refractivity contribution is 7.89. The third kappa shape index (κ3) is 6.22. The molecule has 0 N–H and O–H groups in total. The van der Waals surface area contributed by atoms with Crippen LogP contribution in [0.1, 0.15) is 11.1 Å². The third-order valence-electron chi connectivity index (χ3n) is 5.58. The normalized spacial score (nSPS) is 14.5. The van der Waals surface area contributed by atoms with Gasteiger partial charge in [-0.2, -0.15) is 4.31 Å². The minimum Gasteiger partial charge on any atom is -0.484 e. The Hall–Kier alpha value is -3.20. The van der Waals surface area contributed by atoms with Gasteiger partial charge in [-0.3, -0.25) is 4.79 Å². The molecule has 8 heteroatoms. The summed E-state index contributed by atoms with van der Waals surface area (Å²) in [6.45, 7) is 2.26. The Kier molecular flexibility index (Phi) is 7.95. The standard InChI is InChI=1S/C26H28N2O5S/c29-26(27(19-22-7-3-1-4-8-22)20-23-9-5-2-6-10-23)21-33-24-11-13-25(14-12-24)34(30,31)28-15-17-32-18-16-28/h1-14H,15-21H2. The molecule has 1 saturated heterocycles. The molecule has 0 unspecified atom stereocenters. The third-order valence-corrected chi connectivity index (χ3v) is 7.49. The van der Waals surface area contributed by atoms with Crippen molar-refractivity contribution in [2.24, 2.45) is 0 Å². The summed E-state index contributed by atoms with van der Waals surface area (Å²) in [5, 5.41) is 0. The van der Waals surface area contributed by atoms with Gasteiger partial charge in [0.15, 0.2) is 6.61 Å². The number of hydrogen-bond donors (Lipinski definition) is 0. The van der Waals surface area contributed by atoms with Crippen LogP contribution in [0.5, 0.6) is 5.75 Å². The van der Waals surface area contributed by atoms with Crippen molar-refractivity contribution < 1.29 is 22.7 Å². The first kappa shape index (κ1) is 23.9. The molecule has 1 heterocycles. The van der Waals surface area contributed by atoms with Crippen molar-refractivity contribution in [1.29, 1.82) is 0 Å².